The maximum atomic E-state index is 13.7. The van der Waals surface area contributed by atoms with Crippen molar-refractivity contribution in [3.05, 3.63) is 59.7 Å². The van der Waals surface area contributed by atoms with E-state index in [1.54, 1.807) is 0 Å². The third kappa shape index (κ3) is 18.6. The maximum absolute atomic E-state index is 13.7. The molecule has 2 aromatic carbocycles. The fourth-order valence-electron chi connectivity index (χ4n) is 7.63. The Kier molecular flexibility index (Phi) is 24.6. The average molecular weight is 1080 g/mol. The van der Waals surface area contributed by atoms with Gasteiger partial charge in [-0.05, 0) is 101 Å². The van der Waals surface area contributed by atoms with Crippen molar-refractivity contribution in [2.45, 2.75) is 145 Å². The Labute approximate surface area is 435 Å². The van der Waals surface area contributed by atoms with E-state index in [2.05, 4.69) is 37.2 Å². The van der Waals surface area contributed by atoms with Crippen LogP contribution in [0.5, 0.6) is 11.5 Å². The number of nitrogens with one attached hydrogen (secondary N) is 7. The van der Waals surface area contributed by atoms with E-state index in [0.29, 0.717) is 12.8 Å². The third-order valence-electron chi connectivity index (χ3n) is 12.1. The summed E-state index contributed by atoms with van der Waals surface area (Å²) in [5.74, 6) is -5.74. The van der Waals surface area contributed by atoms with Crippen molar-refractivity contribution in [2.24, 2.45) is 0 Å². The summed E-state index contributed by atoms with van der Waals surface area (Å²) >= 11 is 0. The number of aliphatic carboxylic acids is 1. The second kappa shape index (κ2) is 30.2. The molecule has 76 heavy (non-hydrogen) atoms. The molecule has 2 aliphatic rings. The highest BCUT2D eigenvalue weighted by Gasteiger charge is 2.46. The molecule has 28 nitrogen and oxygen atoms in total. The van der Waals surface area contributed by atoms with Crippen LogP contribution in [0.25, 0.3) is 0 Å². The Balaban J connectivity index is 1.30. The molecule has 0 bridgehead atoms. The summed E-state index contributed by atoms with van der Waals surface area (Å²) in [4.78, 5) is 101. The summed E-state index contributed by atoms with van der Waals surface area (Å²) < 4.78 is 21.8. The second-order valence-corrected chi connectivity index (χ2v) is 18.1. The number of aliphatic hydroxyl groups excluding tert-OH is 8. The number of ether oxygens (including phenoxy) is 4. The molecule has 2 aromatic rings. The largest absolute Gasteiger partial charge is 0.480 e. The van der Waals surface area contributed by atoms with E-state index in [0.717, 1.165) is 0 Å². The van der Waals surface area contributed by atoms with Gasteiger partial charge in [-0.15, -0.1) is 0 Å². The van der Waals surface area contributed by atoms with Gasteiger partial charge >= 0.3 is 5.97 Å². The molecule has 422 valence electrons. The Morgan fingerprint density at radius 1 is 0.526 bits per heavy atom. The molecule has 0 saturated carbocycles. The van der Waals surface area contributed by atoms with Crippen LogP contribution in [0.15, 0.2) is 48.5 Å². The highest BCUT2D eigenvalue weighted by atomic mass is 16.7. The van der Waals surface area contributed by atoms with Crippen molar-refractivity contribution in [3.63, 3.8) is 0 Å². The van der Waals surface area contributed by atoms with Gasteiger partial charge < -0.3 is 102 Å². The van der Waals surface area contributed by atoms with Gasteiger partial charge in [-0.25, -0.2) is 0 Å². The fraction of sp³-hybridized carbons (Fsp3) is 0.583. The molecular weight excluding hydrogens is 1010 g/mol. The molecular formula is C48H69N7O21. The van der Waals surface area contributed by atoms with E-state index in [4.69, 9.17) is 24.1 Å². The van der Waals surface area contributed by atoms with Crippen LogP contribution in [0, 0.1) is 0 Å². The first-order valence-electron chi connectivity index (χ1n) is 24.4. The number of hydrogen-bond acceptors (Lipinski definition) is 20. The standard InChI is InChI=1S/C48H69N7O21/c1-23(41(66)53-24(2)46(71)72)52-34(59)20-51-44(69)30(8-4-6-18-49-42(67)26-10-14-28(15-11-26)73-47-39(64)37(62)35(60)32(21-56)75-47)55-45(70)31(54-25(3)58)9-5-7-19-50-43(68)27-12-16-29(17-13-27)74-48-40(65)38(63)36(61)33(22-57)76-48/h10-17,23-24,30-33,35-40,47-48,56-57,60-65H,4-9,18-22H2,1-3H3,(H,49,67)(H,50,68)(H,51,69)(H,52,59)(H,53,66)(H,54,58)(H,55,70)(H,71,72)/t23-,24-,30-,31-,32+,33+,35+,36+,37-,38-,39-,40-,47-,48-/m0/s1. The van der Waals surface area contributed by atoms with Gasteiger partial charge in [0.15, 0.2) is 0 Å². The molecule has 28 heteroatoms. The zero-order valence-corrected chi connectivity index (χ0v) is 41.9. The van der Waals surface area contributed by atoms with Gasteiger partial charge in [-0.1, -0.05) is 0 Å². The van der Waals surface area contributed by atoms with Crippen LogP contribution in [0.3, 0.4) is 0 Å². The van der Waals surface area contributed by atoms with Crippen molar-refractivity contribution in [2.75, 3.05) is 32.8 Å². The number of carboxylic acids is 1. The van der Waals surface area contributed by atoms with E-state index in [-0.39, 0.29) is 61.4 Å². The summed E-state index contributed by atoms with van der Waals surface area (Å²) in [7, 11) is 0. The first-order valence-corrected chi connectivity index (χ1v) is 24.4. The topological polar surface area (TPSA) is 440 Å². The fourth-order valence-corrected chi connectivity index (χ4v) is 7.63. The van der Waals surface area contributed by atoms with Crippen LogP contribution in [0.1, 0.15) is 80.0 Å². The predicted octanol–water partition coefficient (Wildman–Crippen LogP) is -5.26. The zero-order chi connectivity index (χ0) is 56.2. The number of amides is 7. The van der Waals surface area contributed by atoms with Crippen LogP contribution >= 0.6 is 0 Å². The van der Waals surface area contributed by atoms with Crippen LogP contribution in [-0.2, 0) is 38.2 Å². The van der Waals surface area contributed by atoms with Crippen LogP contribution in [-0.4, -0.2) is 212 Å². The number of carbonyl (C=O) groups is 8. The molecule has 0 radical (unpaired) electrons. The van der Waals surface area contributed by atoms with Gasteiger partial charge in [0.25, 0.3) is 11.8 Å². The maximum Gasteiger partial charge on any atom is 0.325 e. The Hall–Kier alpha value is -6.60. The first kappa shape index (κ1) is 61.9. The highest BCUT2D eigenvalue weighted by Crippen LogP contribution is 2.26. The number of aliphatic hydroxyl groups is 8. The van der Waals surface area contributed by atoms with Gasteiger partial charge in [0.2, 0.25) is 42.1 Å². The molecule has 2 heterocycles. The molecule has 4 rings (SSSR count). The molecule has 0 aromatic heterocycles. The van der Waals surface area contributed by atoms with Crippen molar-refractivity contribution in [1.82, 2.24) is 37.2 Å². The number of unbranched alkanes of at least 4 members (excludes halogenated alkanes) is 2. The summed E-state index contributed by atoms with van der Waals surface area (Å²) in [6.45, 7) is 2.01. The SMILES string of the molecule is CC(=O)N[C@@H](CCCCNC(=O)c1ccc(O[C@H]2O[C@H](CO)[C@@H](O)[C@H](O)[C@@H]2O)cc1)C(=O)N[C@@H](CCCCNC(=O)c1ccc(O[C@H]2O[C@H](CO)[C@@H](O)[C@H](O)[C@@H]2O)cc1)C(=O)NCC(=O)N[C@@H](C)C(=O)N[C@@H](C)C(=O)O. The van der Waals surface area contributed by atoms with Crippen molar-refractivity contribution in [1.29, 1.82) is 0 Å². The predicted molar refractivity (Wildman–Crippen MR) is 259 cm³/mol. The van der Waals surface area contributed by atoms with Gasteiger partial charge in [0.05, 0.1) is 19.8 Å². The van der Waals surface area contributed by atoms with E-state index < -0.39 is 153 Å². The van der Waals surface area contributed by atoms with E-state index in [1.165, 1.54) is 69.3 Å². The smallest absolute Gasteiger partial charge is 0.325 e. The first-order chi connectivity index (χ1) is 36.0. The van der Waals surface area contributed by atoms with Crippen molar-refractivity contribution >= 4 is 47.3 Å². The van der Waals surface area contributed by atoms with Crippen molar-refractivity contribution < 1.29 is 103 Å². The molecule has 7 amide bonds. The number of rotatable bonds is 28. The molecule has 2 fully saturated rings. The van der Waals surface area contributed by atoms with Gasteiger partial charge in [-0.2, -0.15) is 0 Å². The van der Waals surface area contributed by atoms with Crippen LogP contribution in [0.2, 0.25) is 0 Å². The minimum atomic E-state index is -1.65. The Morgan fingerprint density at radius 3 is 1.37 bits per heavy atom. The monoisotopic (exact) mass is 1080 g/mol. The second-order valence-electron chi connectivity index (χ2n) is 18.1. The minimum absolute atomic E-state index is 0.0232. The van der Waals surface area contributed by atoms with E-state index in [1.807, 2.05) is 0 Å². The molecule has 16 N–H and O–H groups in total. The van der Waals surface area contributed by atoms with E-state index in [9.17, 15) is 79.2 Å². The number of carbonyl (C=O) groups excluding carboxylic acids is 7. The molecule has 0 spiro atoms. The summed E-state index contributed by atoms with van der Waals surface area (Å²) in [6, 6.07) is 6.39. The Bertz CT molecular complexity index is 2260. The van der Waals surface area contributed by atoms with Gasteiger partial charge in [-0.3, -0.25) is 38.4 Å². The average Bonchev–Trinajstić information content (AvgIpc) is 3.39. The van der Waals surface area contributed by atoms with E-state index >= 15 is 0 Å². The lowest BCUT2D eigenvalue weighted by Crippen LogP contribution is -2.60. The molecule has 0 aliphatic carbocycles. The minimum Gasteiger partial charge on any atom is -0.480 e. The van der Waals surface area contributed by atoms with Crippen LogP contribution < -0.4 is 46.7 Å². The zero-order valence-electron chi connectivity index (χ0n) is 41.9. The molecule has 14 atom stereocenters. The Morgan fingerprint density at radius 2 is 0.961 bits per heavy atom. The molecule has 0 unspecified atom stereocenters. The van der Waals surface area contributed by atoms with Gasteiger partial charge in [0, 0.05) is 31.1 Å². The lowest BCUT2D eigenvalue weighted by atomic mass is 9.99. The highest BCUT2D eigenvalue weighted by molar-refractivity contribution is 5.96. The third-order valence-corrected chi connectivity index (χ3v) is 12.1. The number of benzene rings is 2. The molecule has 2 saturated heterocycles. The summed E-state index contributed by atoms with van der Waals surface area (Å²) in [6.07, 6.45) is -13.8. The normalized spacial score (nSPS) is 24.7. The summed E-state index contributed by atoms with van der Waals surface area (Å²) in [5, 5.41) is 106. The van der Waals surface area contributed by atoms with Crippen molar-refractivity contribution in [3.8, 4) is 11.5 Å². The number of hydrogen-bond donors (Lipinski definition) is 16. The lowest BCUT2D eigenvalue weighted by molar-refractivity contribution is -0.277. The summed E-state index contributed by atoms with van der Waals surface area (Å²) in [5.41, 5.74) is 0.427. The number of carboxylic acid groups (broad SMARTS) is 1. The van der Waals surface area contributed by atoms with Gasteiger partial charge in [0.1, 0.15) is 84.5 Å². The lowest BCUT2D eigenvalue weighted by Gasteiger charge is -2.39. The quantitative estimate of drug-likeness (QED) is 0.0354. The molecule has 2 aliphatic heterocycles. The van der Waals surface area contributed by atoms with Crippen LogP contribution in [0.4, 0.5) is 0 Å².